The minimum Gasteiger partial charge on any atom is -0.289 e. The molecular weight excluding hydrogens is 316 g/mol. The van der Waals surface area contributed by atoms with Gasteiger partial charge in [0.05, 0.1) is 0 Å². The summed E-state index contributed by atoms with van der Waals surface area (Å²) in [6.07, 6.45) is 6.12. The first kappa shape index (κ1) is 16.5. The van der Waals surface area contributed by atoms with E-state index in [0.717, 1.165) is 19.4 Å². The topological polar surface area (TPSA) is 3.24 Å². The van der Waals surface area contributed by atoms with Gasteiger partial charge in [0.25, 0.3) is 0 Å². The van der Waals surface area contributed by atoms with Crippen LogP contribution in [0.1, 0.15) is 36.0 Å². The molecule has 0 radical (unpaired) electrons. The summed E-state index contributed by atoms with van der Waals surface area (Å²) >= 11 is 0. The van der Waals surface area contributed by atoms with Gasteiger partial charge in [-0.25, -0.2) is 8.78 Å². The Balaban J connectivity index is 1.51. The molecule has 0 N–H and O–H groups in total. The molecule has 1 fully saturated rings. The van der Waals surface area contributed by atoms with E-state index in [1.807, 2.05) is 6.07 Å². The Morgan fingerprint density at radius 2 is 1.80 bits per heavy atom. The Hall–Kier alpha value is -2.00. The molecule has 25 heavy (non-hydrogen) atoms. The van der Waals surface area contributed by atoms with Crippen molar-refractivity contribution in [1.29, 1.82) is 0 Å². The van der Waals surface area contributed by atoms with Gasteiger partial charge in [-0.05, 0) is 49.3 Å². The summed E-state index contributed by atoms with van der Waals surface area (Å²) < 4.78 is 28.0. The highest BCUT2D eigenvalue weighted by Crippen LogP contribution is 2.37. The molecule has 0 aromatic heterocycles. The molecule has 3 heteroatoms. The first-order chi connectivity index (χ1) is 12.1. The zero-order valence-corrected chi connectivity index (χ0v) is 14.5. The molecule has 2 aliphatic heterocycles. The fourth-order valence-corrected chi connectivity index (χ4v) is 4.25. The van der Waals surface area contributed by atoms with Crippen LogP contribution in [0.15, 0.2) is 54.1 Å². The third kappa shape index (κ3) is 3.25. The number of aryl methyl sites for hydroxylation is 1. The van der Waals surface area contributed by atoms with Crippen LogP contribution in [0.3, 0.4) is 0 Å². The molecule has 1 saturated heterocycles. The normalized spacial score (nSPS) is 22.9. The number of fused-ring (bicyclic) bond motifs is 2. The lowest BCUT2D eigenvalue weighted by atomic mass is 9.94. The minimum atomic E-state index is -0.706. The van der Waals surface area contributed by atoms with E-state index < -0.39 is 11.6 Å². The average Bonchev–Trinajstić information content (AvgIpc) is 2.85. The zero-order valence-electron chi connectivity index (χ0n) is 14.5. The second-order valence-electron chi connectivity index (χ2n) is 7.33. The summed E-state index contributed by atoms with van der Waals surface area (Å²) in [5.74, 6) is -1.39. The van der Waals surface area contributed by atoms with Crippen LogP contribution in [0.5, 0.6) is 0 Å². The molecule has 2 bridgehead atoms. The molecule has 130 valence electrons. The maximum absolute atomic E-state index is 14.2. The summed E-state index contributed by atoms with van der Waals surface area (Å²) in [7, 11) is 0. The molecule has 2 atom stereocenters. The summed E-state index contributed by atoms with van der Waals surface area (Å²) in [4.78, 5) is 2.56. The van der Waals surface area contributed by atoms with Crippen LogP contribution in [-0.4, -0.2) is 17.0 Å². The molecule has 1 nitrogen and oxygen atoms in total. The first-order valence-electron chi connectivity index (χ1n) is 9.04. The van der Waals surface area contributed by atoms with Crippen molar-refractivity contribution in [2.45, 2.75) is 51.2 Å². The Morgan fingerprint density at radius 3 is 2.56 bits per heavy atom. The minimum absolute atomic E-state index is 0.368. The van der Waals surface area contributed by atoms with Gasteiger partial charge in [-0.2, -0.15) is 0 Å². The summed E-state index contributed by atoms with van der Waals surface area (Å²) in [5.41, 5.74) is 3.43. The highest BCUT2D eigenvalue weighted by molar-refractivity contribution is 5.31. The largest absolute Gasteiger partial charge is 0.289 e. The SMILES string of the molecule is Cc1ccc(CC2=CC3CCC(C2)N3Cc2ccccc2)c(F)c1F. The molecule has 0 aliphatic carbocycles. The van der Waals surface area contributed by atoms with E-state index in [2.05, 4.69) is 35.2 Å². The van der Waals surface area contributed by atoms with Crippen LogP contribution in [0.25, 0.3) is 0 Å². The van der Waals surface area contributed by atoms with Gasteiger partial charge in [-0.15, -0.1) is 0 Å². The second kappa shape index (κ2) is 6.72. The van der Waals surface area contributed by atoms with Crippen molar-refractivity contribution >= 4 is 0 Å². The average molecular weight is 339 g/mol. The predicted octanol–water partition coefficient (Wildman–Crippen LogP) is 5.18. The van der Waals surface area contributed by atoms with Crippen molar-refractivity contribution in [1.82, 2.24) is 4.90 Å². The Morgan fingerprint density at radius 1 is 1.00 bits per heavy atom. The molecular formula is C22H23F2N. The van der Waals surface area contributed by atoms with Crippen molar-refractivity contribution < 1.29 is 8.78 Å². The maximum atomic E-state index is 14.2. The van der Waals surface area contributed by atoms with Crippen LogP contribution < -0.4 is 0 Å². The Bertz CT molecular complexity index is 797. The highest BCUT2D eigenvalue weighted by atomic mass is 19.2. The number of benzene rings is 2. The monoisotopic (exact) mass is 339 g/mol. The summed E-state index contributed by atoms with van der Waals surface area (Å²) in [5, 5.41) is 0. The van der Waals surface area contributed by atoms with E-state index in [-0.39, 0.29) is 0 Å². The quantitative estimate of drug-likeness (QED) is 0.694. The van der Waals surface area contributed by atoms with Gasteiger partial charge in [0.2, 0.25) is 0 Å². The van der Waals surface area contributed by atoms with Gasteiger partial charge < -0.3 is 0 Å². The number of nitrogens with zero attached hydrogens (tertiary/aromatic N) is 1. The van der Waals surface area contributed by atoms with E-state index in [0.29, 0.717) is 29.6 Å². The van der Waals surface area contributed by atoms with Crippen molar-refractivity contribution in [3.63, 3.8) is 0 Å². The maximum Gasteiger partial charge on any atom is 0.162 e. The summed E-state index contributed by atoms with van der Waals surface area (Å²) in [6.45, 7) is 2.57. The molecule has 0 spiro atoms. The second-order valence-corrected chi connectivity index (χ2v) is 7.33. The van der Waals surface area contributed by atoms with Crippen LogP contribution in [-0.2, 0) is 13.0 Å². The molecule has 2 heterocycles. The lowest BCUT2D eigenvalue weighted by molar-refractivity contribution is 0.194. The van der Waals surface area contributed by atoms with E-state index in [1.54, 1.807) is 19.1 Å². The smallest absolute Gasteiger partial charge is 0.162 e. The van der Waals surface area contributed by atoms with Gasteiger partial charge in [0, 0.05) is 18.6 Å². The van der Waals surface area contributed by atoms with Crippen LogP contribution in [0.2, 0.25) is 0 Å². The predicted molar refractivity (Wildman–Crippen MR) is 96.3 cm³/mol. The van der Waals surface area contributed by atoms with Crippen molar-refractivity contribution in [3.05, 3.63) is 82.4 Å². The molecule has 0 amide bonds. The number of rotatable bonds is 4. The van der Waals surface area contributed by atoms with Crippen LogP contribution >= 0.6 is 0 Å². The fourth-order valence-electron chi connectivity index (χ4n) is 4.25. The molecule has 2 unspecified atom stereocenters. The van der Waals surface area contributed by atoms with E-state index in [4.69, 9.17) is 0 Å². The number of hydrogen-bond acceptors (Lipinski definition) is 1. The standard InChI is InChI=1S/C22H23F2N/c1-15-7-8-18(22(24)21(15)23)11-17-12-19-9-10-20(13-17)25(19)14-16-5-3-2-4-6-16/h2-8,12,19-20H,9-11,13-14H2,1H3. The van der Waals surface area contributed by atoms with Crippen molar-refractivity contribution in [3.8, 4) is 0 Å². The molecule has 2 aliphatic rings. The molecule has 0 saturated carbocycles. The lowest BCUT2D eigenvalue weighted by Crippen LogP contribution is -2.38. The third-order valence-electron chi connectivity index (χ3n) is 5.60. The van der Waals surface area contributed by atoms with Crippen molar-refractivity contribution in [2.24, 2.45) is 0 Å². The number of hydrogen-bond donors (Lipinski definition) is 0. The Labute approximate surface area is 148 Å². The number of halogens is 2. The van der Waals surface area contributed by atoms with Gasteiger partial charge >= 0.3 is 0 Å². The van der Waals surface area contributed by atoms with E-state index in [9.17, 15) is 8.78 Å². The van der Waals surface area contributed by atoms with Gasteiger partial charge in [0.15, 0.2) is 11.6 Å². The zero-order chi connectivity index (χ0) is 17.4. The molecule has 4 rings (SSSR count). The fraction of sp³-hybridized carbons (Fsp3) is 0.364. The lowest BCUT2D eigenvalue weighted by Gasteiger charge is -2.34. The molecule has 2 aromatic rings. The summed E-state index contributed by atoms with van der Waals surface area (Å²) in [6, 6.07) is 14.9. The van der Waals surface area contributed by atoms with Crippen molar-refractivity contribution in [2.75, 3.05) is 0 Å². The highest BCUT2D eigenvalue weighted by Gasteiger charge is 2.36. The van der Waals surface area contributed by atoms with Crippen LogP contribution in [0.4, 0.5) is 8.78 Å². The van der Waals surface area contributed by atoms with E-state index in [1.165, 1.54) is 17.6 Å². The van der Waals surface area contributed by atoms with E-state index >= 15 is 0 Å². The van der Waals surface area contributed by atoms with Gasteiger partial charge in [0.1, 0.15) is 0 Å². The Kier molecular flexibility index (Phi) is 4.43. The first-order valence-corrected chi connectivity index (χ1v) is 9.04. The van der Waals surface area contributed by atoms with Gasteiger partial charge in [-0.1, -0.05) is 54.1 Å². The van der Waals surface area contributed by atoms with Gasteiger partial charge in [-0.3, -0.25) is 4.90 Å². The molecule has 2 aromatic carbocycles. The van der Waals surface area contributed by atoms with Crippen LogP contribution in [0, 0.1) is 18.6 Å². The third-order valence-corrected chi connectivity index (χ3v) is 5.60.